The van der Waals surface area contributed by atoms with Gasteiger partial charge in [0.25, 0.3) is 0 Å². The highest BCUT2D eigenvalue weighted by Gasteiger charge is 2.12. The van der Waals surface area contributed by atoms with E-state index in [9.17, 15) is 9.36 Å². The van der Waals surface area contributed by atoms with Crippen LogP contribution in [0.2, 0.25) is 0 Å². The van der Waals surface area contributed by atoms with Crippen LogP contribution in [0.5, 0.6) is 0 Å². The van der Waals surface area contributed by atoms with Crippen LogP contribution in [0, 0.1) is 0 Å². The first-order valence-electron chi connectivity index (χ1n) is 5.09. The number of hydrogen-bond acceptors (Lipinski definition) is 5. The Morgan fingerprint density at radius 2 is 1.84 bits per heavy atom. The Bertz CT molecular complexity index is 419. The van der Waals surface area contributed by atoms with Crippen LogP contribution in [0.4, 0.5) is 0 Å². The van der Waals surface area contributed by atoms with Crippen molar-refractivity contribution in [3.05, 3.63) is 35.9 Å². The van der Waals surface area contributed by atoms with E-state index in [4.69, 9.17) is 25.7 Å². The third kappa shape index (κ3) is 10.3. The van der Waals surface area contributed by atoms with E-state index >= 15 is 0 Å². The van der Waals surface area contributed by atoms with Crippen molar-refractivity contribution in [2.75, 3.05) is 6.61 Å². The van der Waals surface area contributed by atoms with Gasteiger partial charge in [-0.3, -0.25) is 9.32 Å². The van der Waals surface area contributed by atoms with Crippen molar-refractivity contribution >= 4 is 13.8 Å². The number of carboxylic acids is 1. The number of aliphatic carboxylic acids is 1. The monoisotopic (exact) mass is 293 g/mol. The van der Waals surface area contributed by atoms with E-state index in [1.807, 2.05) is 6.07 Å². The second kappa shape index (κ2) is 8.76. The van der Waals surface area contributed by atoms with Crippen molar-refractivity contribution in [1.29, 1.82) is 0 Å². The van der Waals surface area contributed by atoms with Crippen LogP contribution in [0.3, 0.4) is 0 Å². The molecule has 0 radical (unpaired) electrons. The Balaban J connectivity index is 0.000000399. The van der Waals surface area contributed by atoms with Crippen LogP contribution in [-0.4, -0.2) is 38.6 Å². The van der Waals surface area contributed by atoms with Crippen LogP contribution in [-0.2, 0) is 20.5 Å². The molecule has 108 valence electrons. The Morgan fingerprint density at radius 3 is 2.16 bits per heavy atom. The summed E-state index contributed by atoms with van der Waals surface area (Å²) in [6.07, 6.45) is 0. The van der Waals surface area contributed by atoms with Gasteiger partial charge in [-0.1, -0.05) is 30.3 Å². The number of phosphoric ester groups is 1. The Labute approximate surface area is 109 Å². The summed E-state index contributed by atoms with van der Waals surface area (Å²) in [5.74, 6) is -1.18. The zero-order valence-corrected chi connectivity index (χ0v) is 10.8. The average molecular weight is 293 g/mol. The molecule has 8 nitrogen and oxygen atoms in total. The molecule has 0 bridgehead atoms. The molecule has 0 fully saturated rings. The molecule has 1 aromatic carbocycles. The van der Waals surface area contributed by atoms with Gasteiger partial charge in [0.2, 0.25) is 0 Å². The summed E-state index contributed by atoms with van der Waals surface area (Å²) in [5.41, 5.74) is 5.50. The fourth-order valence-electron chi connectivity index (χ4n) is 0.811. The quantitative estimate of drug-likeness (QED) is 0.464. The van der Waals surface area contributed by atoms with Crippen LogP contribution in [0.15, 0.2) is 30.3 Å². The maximum atomic E-state index is 10.3. The van der Waals surface area contributed by atoms with Crippen molar-refractivity contribution in [2.45, 2.75) is 12.6 Å². The molecule has 19 heavy (non-hydrogen) atoms. The third-order valence-corrected chi connectivity index (χ3v) is 2.22. The number of aliphatic hydroxyl groups is 1. The molecular formula is C10H16NO7P. The van der Waals surface area contributed by atoms with Crippen molar-refractivity contribution in [3.8, 4) is 0 Å². The lowest BCUT2D eigenvalue weighted by molar-refractivity contribution is -0.139. The standard InChI is InChI=1S/C7H9O4P.C3H7NO3/c8-12(9,10)11-6-7-4-2-1-3-5-7;4-2(1-5)3(6)7/h1-5H,6H2,(H2,8,9,10);2,5H,1,4H2,(H,6,7). The third-order valence-electron chi connectivity index (χ3n) is 1.76. The molecular weight excluding hydrogens is 277 g/mol. The predicted molar refractivity (Wildman–Crippen MR) is 66.0 cm³/mol. The van der Waals surface area contributed by atoms with Crippen LogP contribution in [0.1, 0.15) is 5.56 Å². The molecule has 9 heteroatoms. The largest absolute Gasteiger partial charge is 0.480 e. The number of carbonyl (C=O) groups is 1. The molecule has 0 saturated heterocycles. The Hall–Kier alpha value is -1.28. The molecule has 0 aliphatic carbocycles. The normalized spacial score (nSPS) is 12.2. The zero-order chi connectivity index (χ0) is 14.9. The van der Waals surface area contributed by atoms with Gasteiger partial charge in [-0.2, -0.15) is 0 Å². The van der Waals surface area contributed by atoms with Gasteiger partial charge >= 0.3 is 13.8 Å². The van der Waals surface area contributed by atoms with E-state index in [-0.39, 0.29) is 6.61 Å². The number of carboxylic acid groups (broad SMARTS) is 1. The highest BCUT2D eigenvalue weighted by Crippen LogP contribution is 2.36. The lowest BCUT2D eigenvalue weighted by Crippen LogP contribution is -2.33. The van der Waals surface area contributed by atoms with Gasteiger partial charge in [0.1, 0.15) is 6.04 Å². The van der Waals surface area contributed by atoms with Gasteiger partial charge in [-0.05, 0) is 5.56 Å². The summed E-state index contributed by atoms with van der Waals surface area (Å²) in [6.45, 7) is -0.569. The van der Waals surface area contributed by atoms with E-state index in [1.165, 1.54) is 0 Å². The van der Waals surface area contributed by atoms with Crippen molar-refractivity contribution < 1.29 is 33.9 Å². The minimum atomic E-state index is -4.33. The van der Waals surface area contributed by atoms with Gasteiger partial charge in [0, 0.05) is 0 Å². The van der Waals surface area contributed by atoms with Gasteiger partial charge < -0.3 is 25.7 Å². The first-order chi connectivity index (χ1) is 8.76. The topological polar surface area (TPSA) is 150 Å². The maximum Gasteiger partial charge on any atom is 0.469 e. The van der Waals surface area contributed by atoms with E-state index < -0.39 is 26.4 Å². The number of rotatable bonds is 5. The van der Waals surface area contributed by atoms with Crippen LogP contribution in [0.25, 0.3) is 0 Å². The van der Waals surface area contributed by atoms with Gasteiger partial charge in [0.15, 0.2) is 0 Å². The SMILES string of the molecule is NC(CO)C(=O)O.O=P(O)(O)OCc1ccccc1. The second-order valence-electron chi connectivity index (χ2n) is 3.38. The molecule has 0 aliphatic rings. The van der Waals surface area contributed by atoms with Crippen molar-refractivity contribution in [3.63, 3.8) is 0 Å². The van der Waals surface area contributed by atoms with Crippen LogP contribution < -0.4 is 5.73 Å². The van der Waals surface area contributed by atoms with Crippen molar-refractivity contribution in [1.82, 2.24) is 0 Å². The number of benzene rings is 1. The summed E-state index contributed by atoms with van der Waals surface area (Å²) in [5, 5.41) is 15.9. The molecule has 1 unspecified atom stereocenters. The smallest absolute Gasteiger partial charge is 0.469 e. The fraction of sp³-hybridized carbons (Fsp3) is 0.300. The fourth-order valence-corrected chi connectivity index (χ4v) is 1.13. The Morgan fingerprint density at radius 1 is 1.32 bits per heavy atom. The maximum absolute atomic E-state index is 10.3. The zero-order valence-electron chi connectivity index (χ0n) is 9.92. The molecule has 0 amide bonds. The Kier molecular flexibility index (Phi) is 8.17. The summed E-state index contributed by atoms with van der Waals surface area (Å²) in [7, 11) is -4.33. The molecule has 0 aromatic heterocycles. The minimum absolute atomic E-state index is 0.0644. The lowest BCUT2D eigenvalue weighted by atomic mass is 10.2. The first-order valence-corrected chi connectivity index (χ1v) is 6.62. The molecule has 0 saturated carbocycles. The van der Waals surface area contributed by atoms with E-state index in [2.05, 4.69) is 4.52 Å². The number of phosphoric acid groups is 1. The van der Waals surface area contributed by atoms with E-state index in [1.54, 1.807) is 24.3 Å². The first kappa shape index (κ1) is 17.7. The molecule has 0 heterocycles. The summed E-state index contributed by atoms with van der Waals surface area (Å²) >= 11 is 0. The molecule has 0 aliphatic heterocycles. The average Bonchev–Trinajstić information content (AvgIpc) is 2.36. The van der Waals surface area contributed by atoms with E-state index in [0.717, 1.165) is 5.56 Å². The number of aliphatic hydroxyl groups excluding tert-OH is 1. The lowest BCUT2D eigenvalue weighted by Gasteiger charge is -2.03. The number of hydrogen-bond donors (Lipinski definition) is 5. The molecule has 1 aromatic rings. The molecule has 1 atom stereocenters. The highest BCUT2D eigenvalue weighted by molar-refractivity contribution is 7.46. The van der Waals surface area contributed by atoms with E-state index in [0.29, 0.717) is 0 Å². The second-order valence-corrected chi connectivity index (χ2v) is 4.62. The van der Waals surface area contributed by atoms with Gasteiger partial charge in [0.05, 0.1) is 13.2 Å². The summed E-state index contributed by atoms with van der Waals surface area (Å²) in [4.78, 5) is 26.4. The van der Waals surface area contributed by atoms with Gasteiger partial charge in [-0.25, -0.2) is 4.57 Å². The summed E-state index contributed by atoms with van der Waals surface area (Å²) < 4.78 is 14.6. The predicted octanol–water partition coefficient (Wildman–Crippen LogP) is -0.313. The van der Waals surface area contributed by atoms with Crippen LogP contribution >= 0.6 is 7.82 Å². The molecule has 1 rings (SSSR count). The molecule has 0 spiro atoms. The number of nitrogens with two attached hydrogens (primary N) is 1. The minimum Gasteiger partial charge on any atom is -0.480 e. The molecule has 6 N–H and O–H groups in total. The van der Waals surface area contributed by atoms with Crippen molar-refractivity contribution in [2.24, 2.45) is 5.73 Å². The highest BCUT2D eigenvalue weighted by atomic mass is 31.2. The van der Waals surface area contributed by atoms with Gasteiger partial charge in [-0.15, -0.1) is 0 Å². The summed E-state index contributed by atoms with van der Waals surface area (Å²) in [6, 6.07) is 7.71.